The minimum absolute atomic E-state index is 0.0451. The van der Waals surface area contributed by atoms with E-state index in [4.69, 9.17) is 98.5 Å². The van der Waals surface area contributed by atoms with Crippen molar-refractivity contribution in [3.8, 4) is 93.4 Å². The molecule has 0 radical (unpaired) electrons. The number of nitrogen functional groups attached to an aromatic ring is 1. The van der Waals surface area contributed by atoms with Gasteiger partial charge in [0.15, 0.2) is 0 Å². The molecule has 0 spiro atoms. The molecule has 640 valence electrons. The summed E-state index contributed by atoms with van der Waals surface area (Å²) in [5.41, 5.74) is 19.3. The Morgan fingerprint density at radius 1 is 0.408 bits per heavy atom. The average molecular weight is 1820 g/mol. The second-order valence-electron chi connectivity index (χ2n) is 26.0. The van der Waals surface area contributed by atoms with Crippen LogP contribution in [0.25, 0.3) is 0 Å². The van der Waals surface area contributed by atoms with Crippen molar-refractivity contribution in [2.75, 3.05) is 67.9 Å². The van der Waals surface area contributed by atoms with E-state index >= 15 is 0 Å². The molecular formula is C91H78Cl6N12O15S. The Balaban J connectivity index is 0.000000203. The Morgan fingerprint density at radius 3 is 0.960 bits per heavy atom. The van der Waals surface area contributed by atoms with Crippen molar-refractivity contribution >= 4 is 105 Å². The largest absolute Gasteiger partial charge is 0.497 e. The number of methoxy groups -OCH3 is 8. The van der Waals surface area contributed by atoms with Gasteiger partial charge in [0.1, 0.15) is 69.3 Å². The van der Waals surface area contributed by atoms with Crippen LogP contribution in [0.2, 0.25) is 20.1 Å². The molecule has 4 aromatic heterocycles. The number of carbonyl (C=O) groups is 1. The van der Waals surface area contributed by atoms with Gasteiger partial charge in [-0.3, -0.25) is 25.0 Å². The number of nitro groups is 2. The highest BCUT2D eigenvalue weighted by Gasteiger charge is 2.22. The molecule has 27 nitrogen and oxygen atoms in total. The van der Waals surface area contributed by atoms with Gasteiger partial charge in [0.05, 0.1) is 120 Å². The number of rotatable bonds is 20. The molecule has 0 bridgehead atoms. The van der Waals surface area contributed by atoms with Crippen molar-refractivity contribution in [3.63, 3.8) is 0 Å². The van der Waals surface area contributed by atoms with Crippen molar-refractivity contribution in [2.45, 2.75) is 53.4 Å². The molecule has 0 aliphatic heterocycles. The van der Waals surface area contributed by atoms with E-state index in [2.05, 4.69) is 120 Å². The van der Waals surface area contributed by atoms with Crippen molar-refractivity contribution < 1.29 is 61.0 Å². The summed E-state index contributed by atoms with van der Waals surface area (Å²) in [6.07, 6.45) is 15.8. The second kappa shape index (κ2) is 47.0. The molecule has 0 saturated carbocycles. The van der Waals surface area contributed by atoms with Gasteiger partial charge in [0, 0.05) is 167 Å². The van der Waals surface area contributed by atoms with E-state index < -0.39 is 13.2 Å². The number of nitrogens with two attached hydrogens (primary N) is 1. The highest BCUT2D eigenvalue weighted by molar-refractivity contribution is 8.31. The first-order chi connectivity index (χ1) is 59.8. The maximum absolute atomic E-state index is 11.7. The van der Waals surface area contributed by atoms with Crippen LogP contribution in [0.4, 0.5) is 22.7 Å². The van der Waals surface area contributed by atoms with Gasteiger partial charge in [0.2, 0.25) is 5.91 Å². The van der Waals surface area contributed by atoms with Crippen molar-refractivity contribution in [3.05, 3.63) is 336 Å². The topological polar surface area (TPSA) is 352 Å². The Bertz CT molecular complexity index is 6200. The third-order valence-electron chi connectivity index (χ3n) is 17.8. The van der Waals surface area contributed by atoms with Crippen LogP contribution in [0.1, 0.15) is 112 Å². The summed E-state index contributed by atoms with van der Waals surface area (Å²) in [6, 6.07) is 35.5. The fraction of sp³-hybridized carbons (Fsp3) is 0.176. The molecular weight excluding hydrogens is 1750 g/mol. The second-order valence-corrected chi connectivity index (χ2v) is 31.2. The van der Waals surface area contributed by atoms with Crippen LogP contribution in [-0.4, -0.2) is 121 Å². The zero-order valence-corrected chi connectivity index (χ0v) is 74.5. The molecule has 0 aliphatic rings. The molecule has 4 heterocycles. The van der Waals surface area contributed by atoms with Gasteiger partial charge in [-0.1, -0.05) is 149 Å². The monoisotopic (exact) mass is 1820 g/mol. The lowest BCUT2D eigenvalue weighted by Crippen LogP contribution is -2.11. The number of halogens is 6. The number of aromatic nitrogens is 8. The molecule has 0 atom stereocenters. The first kappa shape index (κ1) is 96.7. The number of nitrogens with one attached hydrogen (secondary N) is 1. The molecule has 0 saturated heterocycles. The lowest BCUT2D eigenvalue weighted by atomic mass is 10.0. The minimum Gasteiger partial charge on any atom is -0.497 e. The van der Waals surface area contributed by atoms with Gasteiger partial charge >= 0.3 is 8.26 Å². The average Bonchev–Trinajstić information content (AvgIpc) is 0.812. The van der Waals surface area contributed by atoms with E-state index in [1.54, 1.807) is 114 Å². The number of amides is 1. The number of hydrogen-bond acceptors (Lipinski definition) is 24. The molecule has 3 N–H and O–H groups in total. The molecule has 0 aliphatic carbocycles. The van der Waals surface area contributed by atoms with Crippen molar-refractivity contribution in [2.24, 2.45) is 0 Å². The quantitative estimate of drug-likeness (QED) is 0.0179. The highest BCUT2D eigenvalue weighted by Crippen LogP contribution is 2.42. The summed E-state index contributed by atoms with van der Waals surface area (Å²) in [5, 5.41) is 26.6. The van der Waals surface area contributed by atoms with E-state index in [1.807, 2.05) is 100 Å². The molecule has 8 aromatic carbocycles. The van der Waals surface area contributed by atoms with Crippen molar-refractivity contribution in [1.82, 2.24) is 39.9 Å². The Kier molecular flexibility index (Phi) is 36.4. The predicted octanol–water partition coefficient (Wildman–Crippen LogP) is 18.0. The lowest BCUT2D eigenvalue weighted by Gasteiger charge is -2.12. The van der Waals surface area contributed by atoms with Gasteiger partial charge < -0.3 is 48.9 Å². The molecule has 1 amide bonds. The molecule has 12 rings (SSSR count). The first-order valence-electron chi connectivity index (χ1n) is 36.8. The van der Waals surface area contributed by atoms with E-state index in [9.17, 15) is 25.0 Å². The van der Waals surface area contributed by atoms with Crippen LogP contribution in [0, 0.1) is 95.3 Å². The first-order valence-corrected chi connectivity index (χ1v) is 41.4. The number of nitro benzene ring substituents is 2. The fourth-order valence-corrected chi connectivity index (χ4v) is 12.6. The maximum atomic E-state index is 11.7. The minimum atomic E-state index is -3.72. The van der Waals surface area contributed by atoms with E-state index in [0.717, 1.165) is 55.9 Å². The van der Waals surface area contributed by atoms with Crippen LogP contribution < -0.4 is 48.9 Å². The molecule has 125 heavy (non-hydrogen) atoms. The summed E-state index contributed by atoms with van der Waals surface area (Å²) >= 11 is 25.3. The molecule has 34 heteroatoms. The van der Waals surface area contributed by atoms with E-state index in [1.165, 1.54) is 46.6 Å². The van der Waals surface area contributed by atoms with Gasteiger partial charge in [-0.25, -0.2) is 39.9 Å². The van der Waals surface area contributed by atoms with Crippen molar-refractivity contribution in [1.29, 1.82) is 0 Å². The van der Waals surface area contributed by atoms with Crippen LogP contribution in [0.5, 0.6) is 46.0 Å². The number of anilines is 2. The predicted molar refractivity (Wildman–Crippen MR) is 483 cm³/mol. The van der Waals surface area contributed by atoms with Gasteiger partial charge in [-0.15, -0.1) is 0 Å². The van der Waals surface area contributed by atoms with Gasteiger partial charge in [0.25, 0.3) is 11.4 Å². The normalized spacial score (nSPS) is 10.2. The maximum Gasteiger partial charge on any atom is 0.317 e. The number of carbonyl (C=O) groups excluding carboxylic acids is 1. The van der Waals surface area contributed by atoms with Crippen LogP contribution >= 0.6 is 67.8 Å². The third kappa shape index (κ3) is 28.7. The summed E-state index contributed by atoms with van der Waals surface area (Å²) < 4.78 is 60.3. The zero-order chi connectivity index (χ0) is 91.0. The summed E-state index contributed by atoms with van der Waals surface area (Å²) in [7, 11) is 17.2. The molecule has 0 fully saturated rings. The molecule has 0 unspecified atom stereocenters. The van der Waals surface area contributed by atoms with Gasteiger partial charge in [-0.2, -0.15) is 8.42 Å². The number of ether oxygens (including phenoxy) is 8. The number of benzene rings is 8. The highest BCUT2D eigenvalue weighted by atomic mass is 36.0. The number of hydrogen-bond donors (Lipinski definition) is 2. The lowest BCUT2D eigenvalue weighted by molar-refractivity contribution is -0.385. The Labute approximate surface area is 751 Å². The summed E-state index contributed by atoms with van der Waals surface area (Å²) in [5.74, 6) is 30.2. The summed E-state index contributed by atoms with van der Waals surface area (Å²) in [4.78, 5) is 68.3. The van der Waals surface area contributed by atoms with E-state index in [0.29, 0.717) is 137 Å². The number of aryl methyl sites for hydroxylation is 4. The number of nitrogens with zero attached hydrogens (tertiary/aromatic N) is 10. The SMILES string of the molecule is C=CC(=O)Nc1cccc(C)c1Cc1ncc(C#Cc2cc(OC)cc(OC)c2)cn1.COc1cc(C#Cc2cnc(Cc3c(C)cccc3[N+](=O)[O-])nc2)cc(OC)c1.COc1cc(OC)c(Cl)c(C#Cc2cnc(Cc3c(C)cccc3N)nc2)c1Cl.COc1cc(OC)c(Cl)c(C#Cc2cnc(Cc3c(C)cccc3[N+](=O)[O-])nc2)c1Cl.O=S(=O)(Cl)Cl. The van der Waals surface area contributed by atoms with E-state index in [-0.39, 0.29) is 45.1 Å². The fourth-order valence-electron chi connectivity index (χ4n) is 11.4. The van der Waals surface area contributed by atoms with Crippen LogP contribution in [0.15, 0.2) is 184 Å². The van der Waals surface area contributed by atoms with Gasteiger partial charge in [-0.05, 0) is 104 Å². The third-order valence-corrected chi connectivity index (χ3v) is 19.3. The summed E-state index contributed by atoms with van der Waals surface area (Å²) in [6.45, 7) is 11.2. The molecule has 12 aromatic rings. The smallest absolute Gasteiger partial charge is 0.317 e. The van der Waals surface area contributed by atoms with Crippen LogP contribution in [-0.2, 0) is 38.7 Å². The Hall–Kier alpha value is -13.8. The standard InChI is InChI=1S/C25H23N3O3.C22H17Cl2N3O4.C22H19Cl2N3O2.C22H19N3O4.Cl2O2S/c1-5-25(29)28-23-8-6-7-17(2)22(23)14-24-26-15-19(16-27-24)10-9-18-11-20(30-3)13-21(12-18)31-4;1-13-5-4-6-17(27(28)29)16(13)9-20-25-11-14(12-26-20)7-8-15-21(23)18(30-2)10-19(31-3)22(15)24;1-13-5-4-6-17(25)16(13)9-20-26-11-14(12-27-20)7-8-15-21(23)18(28-2)10-19(29-3)22(15)24;1-15-5-4-6-21(25(26)27)20(15)12-22-23-13-17(14-24-22)8-7-16-9-18(28-2)11-19(10-16)29-3;1-5(2,3)4/h5-8,11-13,15-16H,1,14H2,2-4H3,(H,28,29);4-6,10-12H,9H2,1-3H3;4-6,10-12H,9,25H2,1-3H3;4-6,9-11,13-14H,12H2,1-3H3;. The Morgan fingerprint density at radius 2 is 0.672 bits per heavy atom. The zero-order valence-electron chi connectivity index (χ0n) is 69.1. The van der Waals surface area contributed by atoms with Crippen LogP contribution in [0.3, 0.4) is 0 Å².